The van der Waals surface area contributed by atoms with Crippen molar-refractivity contribution in [1.29, 1.82) is 0 Å². The monoisotopic (exact) mass is 158 g/mol. The van der Waals surface area contributed by atoms with Crippen molar-refractivity contribution in [3.05, 3.63) is 12.7 Å². The van der Waals surface area contributed by atoms with Gasteiger partial charge in [-0.25, -0.2) is 0 Å². The molecule has 0 N–H and O–H groups in total. The third-order valence-corrected chi connectivity index (χ3v) is 2.58. The fraction of sp³-hybridized carbons (Fsp3) is 0.750. The average Bonchev–Trinajstić information content (AvgIpc) is 1.97. The van der Waals surface area contributed by atoms with Gasteiger partial charge in [0.25, 0.3) is 0 Å². The molecule has 0 fully saturated rings. The summed E-state index contributed by atoms with van der Waals surface area (Å²) in [6, 6.07) is 1.12. The molecule has 0 aromatic rings. The van der Waals surface area contributed by atoms with Gasteiger partial charge in [0.15, 0.2) is 9.76 Å². The van der Waals surface area contributed by atoms with Gasteiger partial charge in [0.05, 0.1) is 0 Å². The third kappa shape index (κ3) is 7.92. The van der Waals surface area contributed by atoms with Crippen LogP contribution >= 0.6 is 0 Å². The minimum Gasteiger partial charge on any atom is -0.424 e. The average molecular weight is 158 g/mol. The second-order valence-electron chi connectivity index (χ2n) is 2.40. The van der Waals surface area contributed by atoms with Gasteiger partial charge in [-0.1, -0.05) is 25.8 Å². The molecule has 2 heteroatoms. The van der Waals surface area contributed by atoms with E-state index in [4.69, 9.17) is 4.43 Å². The van der Waals surface area contributed by atoms with Gasteiger partial charge in [0, 0.05) is 6.61 Å². The molecule has 0 rings (SSSR count). The molecular formula is C8H18OSi. The van der Waals surface area contributed by atoms with Gasteiger partial charge in [-0.2, -0.15) is 0 Å². The maximum absolute atomic E-state index is 5.44. The maximum atomic E-state index is 5.44. The molecule has 0 spiro atoms. The van der Waals surface area contributed by atoms with E-state index in [2.05, 4.69) is 13.5 Å². The zero-order valence-corrected chi connectivity index (χ0v) is 8.35. The van der Waals surface area contributed by atoms with E-state index < -0.39 is 0 Å². The Hall–Kier alpha value is -0.0831. The lowest BCUT2D eigenvalue weighted by molar-refractivity contribution is 0.324. The summed E-state index contributed by atoms with van der Waals surface area (Å²) in [5.74, 6) is 0. The highest BCUT2D eigenvalue weighted by atomic mass is 28.2. The zero-order chi connectivity index (χ0) is 7.66. The lowest BCUT2D eigenvalue weighted by Gasteiger charge is -1.99. The van der Waals surface area contributed by atoms with E-state index in [9.17, 15) is 0 Å². The molecule has 0 aliphatic heterocycles. The van der Waals surface area contributed by atoms with Crippen LogP contribution in [0, 0.1) is 0 Å². The van der Waals surface area contributed by atoms with Crippen LogP contribution < -0.4 is 0 Å². The van der Waals surface area contributed by atoms with E-state index in [0.29, 0.717) is 0 Å². The summed E-state index contributed by atoms with van der Waals surface area (Å²) >= 11 is 0. The SMILES string of the molecule is C=CC[SiH2]OCCCCC. The minimum absolute atomic E-state index is 0.235. The molecule has 0 bridgehead atoms. The Labute approximate surface area is 66.4 Å². The number of rotatable bonds is 7. The molecule has 0 aliphatic rings. The van der Waals surface area contributed by atoms with Gasteiger partial charge in [-0.15, -0.1) is 6.58 Å². The Kier molecular flexibility index (Phi) is 8.84. The predicted molar refractivity (Wildman–Crippen MR) is 49.0 cm³/mol. The summed E-state index contributed by atoms with van der Waals surface area (Å²) in [5.41, 5.74) is 0. The van der Waals surface area contributed by atoms with E-state index >= 15 is 0 Å². The van der Waals surface area contributed by atoms with Crippen LogP contribution in [0.15, 0.2) is 12.7 Å². The molecule has 0 atom stereocenters. The Morgan fingerprint density at radius 1 is 1.50 bits per heavy atom. The highest BCUT2D eigenvalue weighted by Gasteiger charge is 1.86. The Balaban J connectivity index is 2.70. The first-order valence-electron chi connectivity index (χ1n) is 4.10. The van der Waals surface area contributed by atoms with Gasteiger partial charge in [0.1, 0.15) is 0 Å². The van der Waals surface area contributed by atoms with Gasteiger partial charge < -0.3 is 4.43 Å². The second kappa shape index (κ2) is 8.92. The van der Waals surface area contributed by atoms with Crippen LogP contribution in [0.3, 0.4) is 0 Å². The van der Waals surface area contributed by atoms with E-state index in [1.54, 1.807) is 0 Å². The van der Waals surface area contributed by atoms with Crippen LogP contribution in [0.2, 0.25) is 6.04 Å². The molecule has 0 saturated carbocycles. The summed E-state index contributed by atoms with van der Waals surface area (Å²) in [6.45, 7) is 6.84. The van der Waals surface area contributed by atoms with Gasteiger partial charge in [0.2, 0.25) is 0 Å². The molecule has 0 aromatic heterocycles. The summed E-state index contributed by atoms with van der Waals surface area (Å²) in [4.78, 5) is 0. The summed E-state index contributed by atoms with van der Waals surface area (Å²) < 4.78 is 5.44. The molecular weight excluding hydrogens is 140 g/mol. The van der Waals surface area contributed by atoms with Crippen LogP contribution in [0.1, 0.15) is 26.2 Å². The lowest BCUT2D eigenvalue weighted by Crippen LogP contribution is -1.98. The van der Waals surface area contributed by atoms with Gasteiger partial charge in [-0.05, 0) is 12.5 Å². The van der Waals surface area contributed by atoms with Crippen molar-refractivity contribution in [2.24, 2.45) is 0 Å². The quantitative estimate of drug-likeness (QED) is 0.312. The molecule has 0 heterocycles. The fourth-order valence-corrected chi connectivity index (χ4v) is 1.46. The highest BCUT2D eigenvalue weighted by Crippen LogP contribution is 1.93. The smallest absolute Gasteiger partial charge is 0.165 e. The summed E-state index contributed by atoms with van der Waals surface area (Å²) in [6.07, 6.45) is 5.78. The van der Waals surface area contributed by atoms with Crippen molar-refractivity contribution in [2.75, 3.05) is 6.61 Å². The molecule has 0 saturated heterocycles. The number of hydrogen-bond acceptors (Lipinski definition) is 1. The van der Waals surface area contributed by atoms with Crippen molar-refractivity contribution in [1.82, 2.24) is 0 Å². The van der Waals surface area contributed by atoms with E-state index in [0.717, 1.165) is 12.7 Å². The van der Waals surface area contributed by atoms with E-state index in [1.165, 1.54) is 19.3 Å². The van der Waals surface area contributed by atoms with Crippen molar-refractivity contribution in [2.45, 2.75) is 32.2 Å². The Morgan fingerprint density at radius 3 is 2.90 bits per heavy atom. The minimum atomic E-state index is -0.235. The topological polar surface area (TPSA) is 9.23 Å². The predicted octanol–water partition coefficient (Wildman–Crippen LogP) is 1.88. The van der Waals surface area contributed by atoms with Crippen molar-refractivity contribution in [3.63, 3.8) is 0 Å². The van der Waals surface area contributed by atoms with Crippen LogP contribution in [0.25, 0.3) is 0 Å². The van der Waals surface area contributed by atoms with Crippen LogP contribution in [-0.4, -0.2) is 16.4 Å². The van der Waals surface area contributed by atoms with Crippen LogP contribution in [0.4, 0.5) is 0 Å². The Bertz CT molecular complexity index is 73.7. The number of unbranched alkanes of at least 4 members (excludes halogenated alkanes) is 2. The first-order chi connectivity index (χ1) is 4.91. The van der Waals surface area contributed by atoms with Crippen molar-refractivity contribution in [3.8, 4) is 0 Å². The highest BCUT2D eigenvalue weighted by molar-refractivity contribution is 6.27. The fourth-order valence-electron chi connectivity index (χ4n) is 0.723. The molecule has 0 radical (unpaired) electrons. The van der Waals surface area contributed by atoms with E-state index in [1.807, 2.05) is 6.08 Å². The molecule has 0 aromatic carbocycles. The second-order valence-corrected chi connectivity index (χ2v) is 3.79. The molecule has 10 heavy (non-hydrogen) atoms. The van der Waals surface area contributed by atoms with Gasteiger partial charge >= 0.3 is 0 Å². The Morgan fingerprint density at radius 2 is 2.30 bits per heavy atom. The van der Waals surface area contributed by atoms with Crippen molar-refractivity contribution >= 4 is 9.76 Å². The molecule has 60 valence electrons. The van der Waals surface area contributed by atoms with Crippen LogP contribution in [-0.2, 0) is 4.43 Å². The standard InChI is InChI=1S/C8H18OSi/c1-3-5-6-7-9-10-8-4-2/h4H,2-3,5-8,10H2,1H3. The molecule has 0 amide bonds. The third-order valence-electron chi connectivity index (χ3n) is 1.36. The first kappa shape index (κ1) is 9.92. The molecule has 0 unspecified atom stereocenters. The largest absolute Gasteiger partial charge is 0.424 e. The van der Waals surface area contributed by atoms with Crippen molar-refractivity contribution < 1.29 is 4.43 Å². The van der Waals surface area contributed by atoms with Crippen LogP contribution in [0.5, 0.6) is 0 Å². The summed E-state index contributed by atoms with van der Waals surface area (Å²) in [5, 5.41) is 0. The zero-order valence-electron chi connectivity index (χ0n) is 6.94. The molecule has 1 nitrogen and oxygen atoms in total. The number of hydrogen-bond donors (Lipinski definition) is 0. The maximum Gasteiger partial charge on any atom is 0.165 e. The van der Waals surface area contributed by atoms with Gasteiger partial charge in [-0.3, -0.25) is 0 Å². The normalized spacial score (nSPS) is 10.9. The molecule has 0 aliphatic carbocycles. The number of allylic oxidation sites excluding steroid dienone is 1. The first-order valence-corrected chi connectivity index (χ1v) is 5.68. The summed E-state index contributed by atoms with van der Waals surface area (Å²) in [7, 11) is -0.235. The lowest BCUT2D eigenvalue weighted by atomic mass is 10.3. The van der Waals surface area contributed by atoms with E-state index in [-0.39, 0.29) is 9.76 Å².